The minimum absolute atomic E-state index is 0.142. The number of aromatic nitrogens is 1. The number of nitro benzene ring substituents is 1. The van der Waals surface area contributed by atoms with Crippen LogP contribution in [0.15, 0.2) is 24.4 Å². The third kappa shape index (κ3) is 1.18. The van der Waals surface area contributed by atoms with Gasteiger partial charge in [-0.25, -0.2) is 0 Å². The van der Waals surface area contributed by atoms with Crippen LogP contribution in [0.25, 0.3) is 10.9 Å². The van der Waals surface area contributed by atoms with Gasteiger partial charge in [0.25, 0.3) is 5.69 Å². The predicted molar refractivity (Wildman–Crippen MR) is 50.8 cm³/mol. The van der Waals surface area contributed by atoms with E-state index >= 15 is 0 Å². The van der Waals surface area contributed by atoms with Crippen molar-refractivity contribution in [2.75, 3.05) is 0 Å². The van der Waals surface area contributed by atoms with E-state index in [0.717, 1.165) is 4.73 Å². The van der Waals surface area contributed by atoms with Crippen LogP contribution in [0.5, 0.6) is 0 Å². The largest absolute Gasteiger partial charge is 0.428 e. The second-order valence-corrected chi connectivity index (χ2v) is 3.19. The molecule has 72 valence electrons. The fraction of sp³-hybridized carbons (Fsp3) is 0. The molecule has 0 saturated carbocycles. The van der Waals surface area contributed by atoms with E-state index in [2.05, 4.69) is 0 Å². The maximum atomic E-state index is 10.5. The second-order valence-electron chi connectivity index (χ2n) is 2.78. The molecule has 0 aliphatic rings. The molecule has 1 aromatic carbocycles. The number of non-ortho nitro benzene ring substituents is 1. The lowest BCUT2D eigenvalue weighted by Crippen LogP contribution is -1.90. The number of halogens is 1. The van der Waals surface area contributed by atoms with Crippen LogP contribution in [-0.4, -0.2) is 14.9 Å². The van der Waals surface area contributed by atoms with Crippen molar-refractivity contribution in [3.8, 4) is 0 Å². The summed E-state index contributed by atoms with van der Waals surface area (Å²) in [5, 5.41) is 20.6. The number of hydrogen-bond acceptors (Lipinski definition) is 3. The lowest BCUT2D eigenvalue weighted by Gasteiger charge is -1.97. The Balaban J connectivity index is 2.82. The lowest BCUT2D eigenvalue weighted by atomic mass is 10.2. The van der Waals surface area contributed by atoms with E-state index in [1.807, 2.05) is 0 Å². The highest BCUT2D eigenvalue weighted by atomic mass is 35.5. The van der Waals surface area contributed by atoms with Crippen molar-refractivity contribution in [1.82, 2.24) is 4.73 Å². The Bertz CT molecular complexity index is 521. The first-order valence-electron chi connectivity index (χ1n) is 3.74. The maximum absolute atomic E-state index is 10.5. The molecular weight excluding hydrogens is 208 g/mol. The maximum Gasteiger partial charge on any atom is 0.273 e. The molecule has 0 spiro atoms. The smallest absolute Gasteiger partial charge is 0.273 e. The molecule has 1 N–H and O–H groups in total. The molecule has 0 aliphatic carbocycles. The minimum atomic E-state index is -0.557. The van der Waals surface area contributed by atoms with E-state index in [4.69, 9.17) is 11.6 Å². The van der Waals surface area contributed by atoms with Gasteiger partial charge >= 0.3 is 0 Å². The molecule has 0 saturated heterocycles. The lowest BCUT2D eigenvalue weighted by molar-refractivity contribution is -0.384. The number of benzene rings is 1. The summed E-state index contributed by atoms with van der Waals surface area (Å²) in [6.45, 7) is 0. The average molecular weight is 213 g/mol. The summed E-state index contributed by atoms with van der Waals surface area (Å²) in [5.41, 5.74) is 0.181. The van der Waals surface area contributed by atoms with Gasteiger partial charge in [0, 0.05) is 23.7 Å². The Labute approximate surface area is 83.2 Å². The molecule has 2 aromatic rings. The standard InChI is InChI=1S/C8H5ClN2O3/c9-7-3-5(11(13)14)4-8-6(7)1-2-10(8)12/h1-4,12H. The van der Waals surface area contributed by atoms with Crippen LogP contribution in [-0.2, 0) is 0 Å². The SMILES string of the molecule is O=[N+]([O-])c1cc(Cl)c2ccn(O)c2c1. The third-order valence-electron chi connectivity index (χ3n) is 1.93. The van der Waals surface area contributed by atoms with E-state index in [0.29, 0.717) is 10.9 Å². The Morgan fingerprint density at radius 2 is 2.21 bits per heavy atom. The van der Waals surface area contributed by atoms with Crippen LogP contribution in [0.2, 0.25) is 5.02 Å². The Morgan fingerprint density at radius 1 is 1.50 bits per heavy atom. The Morgan fingerprint density at radius 3 is 2.86 bits per heavy atom. The van der Waals surface area contributed by atoms with Crippen molar-refractivity contribution >= 4 is 28.2 Å². The molecule has 6 heteroatoms. The van der Waals surface area contributed by atoms with Gasteiger partial charge in [-0.1, -0.05) is 11.6 Å². The fourth-order valence-corrected chi connectivity index (χ4v) is 1.55. The zero-order valence-electron chi connectivity index (χ0n) is 6.85. The van der Waals surface area contributed by atoms with E-state index < -0.39 is 4.92 Å². The second kappa shape index (κ2) is 2.88. The van der Waals surface area contributed by atoms with Gasteiger partial charge in [-0.15, -0.1) is 0 Å². The highest BCUT2D eigenvalue weighted by Crippen LogP contribution is 2.29. The van der Waals surface area contributed by atoms with Crippen molar-refractivity contribution < 1.29 is 10.1 Å². The van der Waals surface area contributed by atoms with Crippen molar-refractivity contribution in [2.24, 2.45) is 0 Å². The van der Waals surface area contributed by atoms with Crippen LogP contribution < -0.4 is 0 Å². The molecule has 0 radical (unpaired) electrons. The zero-order chi connectivity index (χ0) is 10.3. The molecule has 5 nitrogen and oxygen atoms in total. The molecule has 1 heterocycles. The number of nitro groups is 1. The van der Waals surface area contributed by atoms with Crippen LogP contribution >= 0.6 is 11.6 Å². The van der Waals surface area contributed by atoms with E-state index in [9.17, 15) is 15.3 Å². The van der Waals surface area contributed by atoms with E-state index in [1.165, 1.54) is 18.3 Å². The Hall–Kier alpha value is -1.75. The van der Waals surface area contributed by atoms with Crippen LogP contribution in [0, 0.1) is 10.1 Å². The quantitative estimate of drug-likeness (QED) is 0.448. The summed E-state index contributed by atoms with van der Waals surface area (Å²) >= 11 is 5.79. The van der Waals surface area contributed by atoms with Gasteiger partial charge in [0.05, 0.1) is 15.5 Å². The molecule has 0 fully saturated rings. The average Bonchev–Trinajstić information content (AvgIpc) is 2.48. The molecular formula is C8H5ClN2O3. The summed E-state index contributed by atoms with van der Waals surface area (Å²) in [6, 6.07) is 4.10. The van der Waals surface area contributed by atoms with Crippen molar-refractivity contribution in [3.63, 3.8) is 0 Å². The summed E-state index contributed by atoms with van der Waals surface area (Å²) in [6.07, 6.45) is 1.38. The highest BCUT2D eigenvalue weighted by molar-refractivity contribution is 6.35. The summed E-state index contributed by atoms with van der Waals surface area (Å²) in [4.78, 5) is 9.93. The van der Waals surface area contributed by atoms with Gasteiger partial charge in [-0.3, -0.25) is 10.1 Å². The minimum Gasteiger partial charge on any atom is -0.428 e. The summed E-state index contributed by atoms with van der Waals surface area (Å²) < 4.78 is 0.800. The normalized spacial score (nSPS) is 10.6. The first-order valence-corrected chi connectivity index (χ1v) is 4.11. The molecule has 0 amide bonds. The molecule has 0 atom stereocenters. The molecule has 0 unspecified atom stereocenters. The van der Waals surface area contributed by atoms with Crippen LogP contribution in [0.1, 0.15) is 0 Å². The number of rotatable bonds is 1. The third-order valence-corrected chi connectivity index (χ3v) is 2.25. The fourth-order valence-electron chi connectivity index (χ4n) is 1.27. The Kier molecular flexibility index (Phi) is 1.82. The first-order chi connectivity index (χ1) is 6.59. The monoisotopic (exact) mass is 212 g/mol. The summed E-state index contributed by atoms with van der Waals surface area (Å²) in [5.74, 6) is 0. The molecule has 0 bridgehead atoms. The molecule has 0 aliphatic heterocycles. The van der Waals surface area contributed by atoms with Gasteiger partial charge in [0.15, 0.2) is 0 Å². The highest BCUT2D eigenvalue weighted by Gasteiger charge is 2.12. The number of fused-ring (bicyclic) bond motifs is 1. The van der Waals surface area contributed by atoms with Gasteiger partial charge in [-0.2, -0.15) is 4.73 Å². The van der Waals surface area contributed by atoms with Crippen molar-refractivity contribution in [3.05, 3.63) is 39.5 Å². The number of nitrogens with zero attached hydrogens (tertiary/aromatic N) is 2. The van der Waals surface area contributed by atoms with Gasteiger partial charge in [0.2, 0.25) is 0 Å². The first kappa shape index (κ1) is 8.83. The molecule has 14 heavy (non-hydrogen) atoms. The van der Waals surface area contributed by atoms with Crippen LogP contribution in [0.3, 0.4) is 0 Å². The molecule has 2 rings (SSSR count). The van der Waals surface area contributed by atoms with Gasteiger partial charge in [0.1, 0.15) is 0 Å². The van der Waals surface area contributed by atoms with Crippen molar-refractivity contribution in [1.29, 1.82) is 0 Å². The van der Waals surface area contributed by atoms with Gasteiger partial charge < -0.3 is 5.21 Å². The summed E-state index contributed by atoms with van der Waals surface area (Å²) in [7, 11) is 0. The molecule has 1 aromatic heterocycles. The zero-order valence-corrected chi connectivity index (χ0v) is 7.60. The topological polar surface area (TPSA) is 68.3 Å². The van der Waals surface area contributed by atoms with E-state index in [-0.39, 0.29) is 10.7 Å². The van der Waals surface area contributed by atoms with Crippen molar-refractivity contribution in [2.45, 2.75) is 0 Å². The van der Waals surface area contributed by atoms with E-state index in [1.54, 1.807) is 6.07 Å². The van der Waals surface area contributed by atoms with Crippen LogP contribution in [0.4, 0.5) is 5.69 Å². The predicted octanol–water partition coefficient (Wildman–Crippen LogP) is 2.44. The van der Waals surface area contributed by atoms with Gasteiger partial charge in [-0.05, 0) is 6.07 Å². The number of hydrogen-bond donors (Lipinski definition) is 1.